The predicted molar refractivity (Wildman–Crippen MR) is 43.2 cm³/mol. The summed E-state index contributed by atoms with van der Waals surface area (Å²) in [5, 5.41) is 0.206. The number of hydrogen-bond donors (Lipinski definition) is 0. The fraction of sp³-hybridized carbons (Fsp3) is 0.500. The summed E-state index contributed by atoms with van der Waals surface area (Å²) in [5.74, 6) is 0.602. The van der Waals surface area contributed by atoms with Gasteiger partial charge in [0.25, 0.3) is 0 Å². The fourth-order valence-electron chi connectivity index (χ4n) is 0.447. The van der Waals surface area contributed by atoms with Crippen LogP contribution in [0.4, 0.5) is 0 Å². The molecule has 0 N–H and O–H groups in total. The summed E-state index contributed by atoms with van der Waals surface area (Å²) in [6.45, 7) is 1.75. The van der Waals surface area contributed by atoms with Crippen LogP contribution in [0, 0.1) is 0 Å². The average molecular weight is 180 g/mol. The summed E-state index contributed by atoms with van der Waals surface area (Å²) >= 11 is 4.75. The van der Waals surface area contributed by atoms with Crippen LogP contribution >= 0.6 is 11.6 Å². The van der Waals surface area contributed by atoms with E-state index in [1.54, 1.807) is 6.92 Å². The maximum atomic E-state index is 5.51. The van der Waals surface area contributed by atoms with Crippen molar-refractivity contribution in [3.63, 3.8) is 0 Å². The molecule has 4 nitrogen and oxygen atoms in total. The largest absolute Gasteiger partial charge is 0.292 e. The normalized spacial score (nSPS) is 24.9. The van der Waals surface area contributed by atoms with Gasteiger partial charge >= 0.3 is 0 Å². The Hall–Kier alpha value is -0.260. The number of halogens is 1. The van der Waals surface area contributed by atoms with Crippen molar-refractivity contribution in [1.82, 2.24) is 0 Å². The minimum Gasteiger partial charge on any atom is -0.292 e. The van der Waals surface area contributed by atoms with Crippen LogP contribution in [-0.4, -0.2) is 18.2 Å². The van der Waals surface area contributed by atoms with Crippen molar-refractivity contribution >= 4 is 33.9 Å². The summed E-state index contributed by atoms with van der Waals surface area (Å²) in [4.78, 5) is 3.77. The maximum Gasteiger partial charge on any atom is 0.234 e. The summed E-state index contributed by atoms with van der Waals surface area (Å²) in [5.41, 5.74) is 0. The minimum atomic E-state index is -0.762. The second-order valence-corrected chi connectivity index (χ2v) is 3.01. The van der Waals surface area contributed by atoms with E-state index in [-0.39, 0.29) is 5.29 Å². The first-order chi connectivity index (χ1) is 4.72. The van der Waals surface area contributed by atoms with E-state index in [4.69, 9.17) is 15.8 Å². The average Bonchev–Trinajstić information content (AvgIpc) is 1.85. The van der Waals surface area contributed by atoms with E-state index in [1.165, 1.54) is 7.11 Å². The van der Waals surface area contributed by atoms with Crippen LogP contribution < -0.4 is 0 Å². The lowest BCUT2D eigenvalue weighted by Gasteiger charge is -2.02. The molecule has 0 aromatic heterocycles. The zero-order valence-electron chi connectivity index (χ0n) is 5.54. The Labute approximate surface area is 66.4 Å². The van der Waals surface area contributed by atoms with E-state index < -0.39 is 11.2 Å². The summed E-state index contributed by atoms with van der Waals surface area (Å²) < 4.78 is 12.6. The zero-order chi connectivity index (χ0) is 7.56. The van der Waals surface area contributed by atoms with Gasteiger partial charge in [-0.25, -0.2) is 4.99 Å². The van der Waals surface area contributed by atoms with Crippen LogP contribution in [0.1, 0.15) is 6.92 Å². The highest BCUT2D eigenvalue weighted by Crippen LogP contribution is 2.04. The Balaban J connectivity index is 2.91. The van der Waals surface area contributed by atoms with Crippen LogP contribution in [0.5, 0.6) is 0 Å². The number of nitrogens with zero attached hydrogens (tertiary/aromatic N) is 3. The van der Waals surface area contributed by atoms with E-state index in [0.717, 1.165) is 0 Å². The van der Waals surface area contributed by atoms with Crippen LogP contribution in [0.25, 0.3) is 0 Å². The van der Waals surface area contributed by atoms with E-state index in [2.05, 4.69) is 13.8 Å². The van der Waals surface area contributed by atoms with Crippen molar-refractivity contribution in [3.8, 4) is 0 Å². The third-order valence-corrected chi connectivity index (χ3v) is 2.08. The number of amidine groups is 2. The van der Waals surface area contributed by atoms with Gasteiger partial charge in [-0.1, -0.05) is 0 Å². The van der Waals surface area contributed by atoms with Crippen LogP contribution in [0.2, 0.25) is 0 Å². The molecule has 56 valence electrons. The Kier molecular flexibility index (Phi) is 2.53. The molecule has 0 saturated carbocycles. The van der Waals surface area contributed by atoms with Gasteiger partial charge in [-0.3, -0.25) is 4.18 Å². The lowest BCUT2D eigenvalue weighted by atomic mass is 10.7. The molecule has 0 aliphatic carbocycles. The molecule has 1 heterocycles. The van der Waals surface area contributed by atoms with Crippen LogP contribution in [-0.2, 0) is 15.3 Å². The number of rotatable bonds is 1. The Morgan fingerprint density at radius 3 is 2.80 bits per heavy atom. The van der Waals surface area contributed by atoms with Gasteiger partial charge < -0.3 is 0 Å². The number of aliphatic imine (C=N–C) groups is 1. The first-order valence-electron chi connectivity index (χ1n) is 2.52. The van der Waals surface area contributed by atoms with Crippen molar-refractivity contribution in [1.29, 1.82) is 0 Å². The predicted octanol–water partition coefficient (Wildman–Crippen LogP) is 1.29. The van der Waals surface area contributed by atoms with Crippen LogP contribution in [0.15, 0.2) is 13.8 Å². The highest BCUT2D eigenvalue weighted by Gasteiger charge is 2.03. The smallest absolute Gasteiger partial charge is 0.234 e. The molecule has 1 rings (SSSR count). The lowest BCUT2D eigenvalue weighted by molar-refractivity contribution is 0.480. The van der Waals surface area contributed by atoms with Gasteiger partial charge in [-0.15, -0.1) is 4.36 Å². The summed E-state index contributed by atoms with van der Waals surface area (Å²) in [7, 11) is 1.53. The van der Waals surface area contributed by atoms with Crippen molar-refractivity contribution in [2.75, 3.05) is 7.11 Å². The first-order valence-corrected chi connectivity index (χ1v) is 3.97. The molecule has 0 spiro atoms. The van der Waals surface area contributed by atoms with Gasteiger partial charge in [0.05, 0.1) is 7.11 Å². The molecule has 6 heteroatoms. The standard InChI is InChI=1S/C4H6ClN3OS/c1-3-6-4(5)8-10(7-3)9-2/h1-2H3. The van der Waals surface area contributed by atoms with Crippen molar-refractivity contribution in [2.45, 2.75) is 6.92 Å². The summed E-state index contributed by atoms with van der Waals surface area (Å²) in [6, 6.07) is 0. The fourth-order valence-corrected chi connectivity index (χ4v) is 1.37. The molecule has 0 aromatic carbocycles. The molecule has 1 aliphatic rings. The molecule has 0 fully saturated rings. The Morgan fingerprint density at radius 1 is 1.60 bits per heavy atom. The third kappa shape index (κ3) is 1.86. The van der Waals surface area contributed by atoms with E-state index in [1.807, 2.05) is 0 Å². The molecule has 10 heavy (non-hydrogen) atoms. The van der Waals surface area contributed by atoms with Crippen LogP contribution in [0.3, 0.4) is 0 Å². The second-order valence-electron chi connectivity index (χ2n) is 1.51. The van der Waals surface area contributed by atoms with Crippen molar-refractivity contribution in [3.05, 3.63) is 0 Å². The number of hydrogen-bond acceptors (Lipinski definition) is 4. The SMILES string of the molecule is COS1=NC(Cl)=NC(C)=N1. The van der Waals surface area contributed by atoms with Gasteiger partial charge in [-0.05, 0) is 18.5 Å². The first kappa shape index (κ1) is 7.84. The van der Waals surface area contributed by atoms with Gasteiger partial charge in [0.1, 0.15) is 5.84 Å². The molecule has 0 aromatic rings. The molecular formula is C4H6ClN3OS. The molecule has 0 saturated heterocycles. The van der Waals surface area contributed by atoms with Crippen molar-refractivity contribution in [2.24, 2.45) is 13.8 Å². The maximum absolute atomic E-state index is 5.51. The molecule has 0 radical (unpaired) electrons. The molecule has 1 aliphatic heterocycles. The molecule has 1 unspecified atom stereocenters. The molecule has 0 amide bonds. The topological polar surface area (TPSA) is 46.3 Å². The summed E-state index contributed by atoms with van der Waals surface area (Å²) in [6.07, 6.45) is 0. The Morgan fingerprint density at radius 2 is 2.30 bits per heavy atom. The molecule has 0 bridgehead atoms. The minimum absolute atomic E-state index is 0.206. The third-order valence-electron chi connectivity index (χ3n) is 0.767. The molecular weight excluding hydrogens is 174 g/mol. The van der Waals surface area contributed by atoms with Gasteiger partial charge in [0.2, 0.25) is 5.29 Å². The Bertz CT molecular complexity index is 232. The van der Waals surface area contributed by atoms with Crippen molar-refractivity contribution < 1.29 is 4.18 Å². The molecule has 1 atom stereocenters. The monoisotopic (exact) mass is 179 g/mol. The van der Waals surface area contributed by atoms with E-state index >= 15 is 0 Å². The van der Waals surface area contributed by atoms with Gasteiger partial charge in [0.15, 0.2) is 11.2 Å². The van der Waals surface area contributed by atoms with Gasteiger partial charge in [-0.2, -0.15) is 4.40 Å². The van der Waals surface area contributed by atoms with E-state index in [0.29, 0.717) is 5.84 Å². The highest BCUT2D eigenvalue weighted by molar-refractivity contribution is 7.81. The second kappa shape index (κ2) is 3.23. The van der Waals surface area contributed by atoms with Gasteiger partial charge in [0, 0.05) is 0 Å². The lowest BCUT2D eigenvalue weighted by Crippen LogP contribution is -2.02. The zero-order valence-corrected chi connectivity index (χ0v) is 7.11. The highest BCUT2D eigenvalue weighted by atomic mass is 35.5. The van der Waals surface area contributed by atoms with E-state index in [9.17, 15) is 0 Å². The quantitative estimate of drug-likeness (QED) is 0.560.